The van der Waals surface area contributed by atoms with Crippen molar-refractivity contribution < 1.29 is 38.2 Å². The number of quaternary nitrogens is 1. The number of ether oxygens (including phenoxy) is 3. The maximum atomic E-state index is 12.6. The average Bonchev–Trinajstić information content (AvgIpc) is 3.09. The number of hydrogen-bond donors (Lipinski definition) is 1. The Labute approximate surface area is 316 Å². The predicted octanol–water partition coefficient (Wildman–Crippen LogP) is 10.2. The molecule has 0 aromatic rings. The van der Waals surface area contributed by atoms with E-state index in [1.54, 1.807) is 0 Å². The van der Waals surface area contributed by atoms with Gasteiger partial charge in [0, 0.05) is 19.3 Å². The lowest BCUT2D eigenvalue weighted by molar-refractivity contribution is -0.887. The lowest BCUT2D eigenvalue weighted by Crippen LogP contribution is -2.50. The van der Waals surface area contributed by atoms with Crippen LogP contribution in [0.4, 0.5) is 0 Å². The molecule has 0 aromatic carbocycles. The number of carbonyl (C=O) groups is 3. The Morgan fingerprint density at radius 1 is 0.596 bits per heavy atom. The minimum atomic E-state index is -0.895. The molecule has 0 bridgehead atoms. The van der Waals surface area contributed by atoms with Crippen molar-refractivity contribution in [3.8, 4) is 0 Å². The standard InChI is InChI=1S/C44H71NO7/c1-6-8-10-12-14-16-17-18-19-20-21-22-23-24-25-27-29-31-33-35-43(47)52-40(38-50-37-36-41(44(48)49)45(3,4)5)39-51-42(46)34-32-30-28-26-15-13-11-9-7-2/h8,10,14,16,18-19,21-22,24-26,28-29,31,40-41H,6-7,9,11-13,15,17,20,23,27,30,32-39H2,1-5H3/p+1/b10-8+,16-14+,19-18+,22-21+,25-24+,28-26+,31-29+. The Kier molecular flexibility index (Phi) is 32.3. The molecule has 0 saturated carbocycles. The van der Waals surface area contributed by atoms with E-state index in [1.165, 1.54) is 25.7 Å². The number of nitrogens with zero attached hydrogens (tertiary/aromatic N) is 1. The van der Waals surface area contributed by atoms with Crippen LogP contribution in [0.3, 0.4) is 0 Å². The molecule has 0 aliphatic rings. The summed E-state index contributed by atoms with van der Waals surface area (Å²) in [5.41, 5.74) is 0. The summed E-state index contributed by atoms with van der Waals surface area (Å²) in [5, 5.41) is 9.58. The smallest absolute Gasteiger partial charge is 0.362 e. The van der Waals surface area contributed by atoms with E-state index in [-0.39, 0.29) is 43.1 Å². The van der Waals surface area contributed by atoms with Crippen LogP contribution in [-0.4, -0.2) is 80.6 Å². The van der Waals surface area contributed by atoms with Crippen LogP contribution in [0.1, 0.15) is 123 Å². The van der Waals surface area contributed by atoms with Gasteiger partial charge in [0.15, 0.2) is 12.1 Å². The van der Waals surface area contributed by atoms with Gasteiger partial charge >= 0.3 is 17.9 Å². The van der Waals surface area contributed by atoms with Gasteiger partial charge in [-0.05, 0) is 70.6 Å². The molecule has 294 valence electrons. The third-order valence-corrected chi connectivity index (χ3v) is 8.04. The van der Waals surface area contributed by atoms with Crippen molar-refractivity contribution in [3.63, 3.8) is 0 Å². The number of aliphatic carboxylic acids is 1. The van der Waals surface area contributed by atoms with Gasteiger partial charge in [0.1, 0.15) is 6.61 Å². The molecule has 0 aliphatic heterocycles. The van der Waals surface area contributed by atoms with Crippen molar-refractivity contribution in [1.29, 1.82) is 0 Å². The maximum Gasteiger partial charge on any atom is 0.362 e. The number of likely N-dealkylation sites (N-methyl/N-ethyl adjacent to an activating group) is 1. The topological polar surface area (TPSA) is 99.1 Å². The molecule has 52 heavy (non-hydrogen) atoms. The molecule has 0 radical (unpaired) electrons. The van der Waals surface area contributed by atoms with Gasteiger partial charge in [0.2, 0.25) is 0 Å². The Morgan fingerprint density at radius 2 is 1.12 bits per heavy atom. The summed E-state index contributed by atoms with van der Waals surface area (Å²) in [6.07, 6.45) is 43.7. The maximum absolute atomic E-state index is 12.6. The van der Waals surface area contributed by atoms with Gasteiger partial charge in [-0.25, -0.2) is 4.79 Å². The highest BCUT2D eigenvalue weighted by Gasteiger charge is 2.31. The molecule has 0 aromatic heterocycles. The van der Waals surface area contributed by atoms with Gasteiger partial charge in [-0.15, -0.1) is 0 Å². The van der Waals surface area contributed by atoms with E-state index in [4.69, 9.17) is 14.2 Å². The van der Waals surface area contributed by atoms with Gasteiger partial charge in [-0.2, -0.15) is 0 Å². The molecule has 1 N–H and O–H groups in total. The number of esters is 2. The molecule has 0 aliphatic carbocycles. The first-order valence-corrected chi connectivity index (χ1v) is 19.6. The minimum absolute atomic E-state index is 0.0170. The lowest BCUT2D eigenvalue weighted by atomic mass is 10.1. The normalized spacial score (nSPS) is 13.9. The zero-order valence-corrected chi connectivity index (χ0v) is 33.2. The summed E-state index contributed by atoms with van der Waals surface area (Å²) in [7, 11) is 5.47. The second-order valence-electron chi connectivity index (χ2n) is 13.8. The third kappa shape index (κ3) is 32.4. The molecule has 0 saturated heterocycles. The predicted molar refractivity (Wildman–Crippen MR) is 215 cm³/mol. The van der Waals surface area contributed by atoms with Gasteiger partial charge < -0.3 is 23.8 Å². The highest BCUT2D eigenvalue weighted by Crippen LogP contribution is 2.10. The molecule has 2 atom stereocenters. The van der Waals surface area contributed by atoms with Crippen LogP contribution in [0.25, 0.3) is 0 Å². The number of hydrogen-bond acceptors (Lipinski definition) is 6. The van der Waals surface area contributed by atoms with Crippen LogP contribution in [0.2, 0.25) is 0 Å². The van der Waals surface area contributed by atoms with E-state index < -0.39 is 24.1 Å². The van der Waals surface area contributed by atoms with Crippen LogP contribution in [0, 0.1) is 0 Å². The first-order valence-electron chi connectivity index (χ1n) is 19.6. The summed E-state index contributed by atoms with van der Waals surface area (Å²) in [6.45, 7) is 4.44. The zero-order valence-electron chi connectivity index (χ0n) is 33.2. The van der Waals surface area contributed by atoms with Crippen molar-refractivity contribution in [3.05, 3.63) is 85.1 Å². The van der Waals surface area contributed by atoms with Crippen molar-refractivity contribution in [2.45, 2.75) is 135 Å². The van der Waals surface area contributed by atoms with Crippen molar-refractivity contribution in [2.24, 2.45) is 0 Å². The Morgan fingerprint density at radius 3 is 1.63 bits per heavy atom. The molecular weight excluding hydrogens is 654 g/mol. The first-order chi connectivity index (χ1) is 25.1. The zero-order chi connectivity index (χ0) is 38.5. The van der Waals surface area contributed by atoms with Crippen molar-refractivity contribution >= 4 is 17.9 Å². The highest BCUT2D eigenvalue weighted by atomic mass is 16.6. The number of carboxylic acid groups (broad SMARTS) is 1. The summed E-state index contributed by atoms with van der Waals surface area (Å²) < 4.78 is 17.0. The molecule has 0 rings (SSSR count). The number of unbranched alkanes of at least 4 members (excludes halogenated alkanes) is 5. The highest BCUT2D eigenvalue weighted by molar-refractivity contribution is 5.72. The minimum Gasteiger partial charge on any atom is -0.477 e. The van der Waals surface area contributed by atoms with Crippen molar-refractivity contribution in [1.82, 2.24) is 0 Å². The molecule has 0 spiro atoms. The molecule has 8 nitrogen and oxygen atoms in total. The third-order valence-electron chi connectivity index (χ3n) is 8.04. The number of rotatable bonds is 33. The van der Waals surface area contributed by atoms with E-state index in [1.807, 2.05) is 33.3 Å². The molecule has 2 unspecified atom stereocenters. The van der Waals surface area contributed by atoms with Gasteiger partial charge in [-0.1, -0.05) is 118 Å². The summed E-state index contributed by atoms with van der Waals surface area (Å²) in [4.78, 5) is 36.7. The average molecular weight is 727 g/mol. The molecule has 0 fully saturated rings. The number of allylic oxidation sites excluding steroid dienone is 14. The van der Waals surface area contributed by atoms with E-state index >= 15 is 0 Å². The molecule has 0 amide bonds. The summed E-state index contributed by atoms with van der Waals surface area (Å²) >= 11 is 0. The fourth-order valence-electron chi connectivity index (χ4n) is 5.00. The quantitative estimate of drug-likeness (QED) is 0.0311. The van der Waals surface area contributed by atoms with Crippen LogP contribution in [-0.2, 0) is 28.6 Å². The van der Waals surface area contributed by atoms with Crippen LogP contribution in [0.5, 0.6) is 0 Å². The van der Waals surface area contributed by atoms with E-state index in [2.05, 4.69) is 86.8 Å². The van der Waals surface area contributed by atoms with Crippen molar-refractivity contribution in [2.75, 3.05) is 41.0 Å². The Bertz CT molecular complexity index is 1120. The second-order valence-corrected chi connectivity index (χ2v) is 13.8. The first kappa shape index (κ1) is 48.5. The molecule has 8 heteroatoms. The fraction of sp³-hybridized carbons (Fsp3) is 0.614. The molecular formula is C44H72NO7+. The summed E-state index contributed by atoms with van der Waals surface area (Å²) in [6, 6.07) is -0.634. The van der Waals surface area contributed by atoms with Gasteiger partial charge in [-0.3, -0.25) is 9.59 Å². The van der Waals surface area contributed by atoms with E-state index in [9.17, 15) is 19.5 Å². The van der Waals surface area contributed by atoms with Gasteiger partial charge in [0.25, 0.3) is 0 Å². The fourth-order valence-corrected chi connectivity index (χ4v) is 5.00. The Balaban J connectivity index is 4.57. The largest absolute Gasteiger partial charge is 0.477 e. The lowest BCUT2D eigenvalue weighted by Gasteiger charge is -2.31. The van der Waals surface area contributed by atoms with E-state index in [0.717, 1.165) is 51.4 Å². The van der Waals surface area contributed by atoms with E-state index in [0.29, 0.717) is 19.3 Å². The molecule has 0 heterocycles. The summed E-state index contributed by atoms with van der Waals surface area (Å²) in [5.74, 6) is -1.64. The SMILES string of the molecule is CC/C=C/C/C=C/C/C=C/C/C=C/C/C=C/C/C=C/CCC(=O)OC(COCCC(C(=O)O)[N+](C)(C)C)COC(=O)CCC/C=C/CCCCCC. The Hall–Kier alpha value is -3.49. The number of carboxylic acids is 1. The number of carbonyl (C=O) groups excluding carboxylic acids is 2. The van der Waals surface area contributed by atoms with Crippen LogP contribution < -0.4 is 0 Å². The van der Waals surface area contributed by atoms with Crippen LogP contribution >= 0.6 is 0 Å². The second kappa shape index (κ2) is 34.6. The van der Waals surface area contributed by atoms with Crippen LogP contribution in [0.15, 0.2) is 85.1 Å². The monoisotopic (exact) mass is 727 g/mol. The van der Waals surface area contributed by atoms with Gasteiger partial charge in [0.05, 0.1) is 34.4 Å².